The van der Waals surface area contributed by atoms with Gasteiger partial charge in [-0.25, -0.2) is 23.2 Å². The number of rotatable bonds is 6. The van der Waals surface area contributed by atoms with E-state index in [1.807, 2.05) is 13.8 Å². The Bertz CT molecular complexity index is 570. The van der Waals surface area contributed by atoms with E-state index in [-0.39, 0.29) is 23.1 Å². The van der Waals surface area contributed by atoms with Crippen molar-refractivity contribution in [1.82, 2.24) is 9.97 Å². The summed E-state index contributed by atoms with van der Waals surface area (Å²) in [6.07, 6.45) is 2.59. The predicted molar refractivity (Wildman–Crippen MR) is 73.5 cm³/mol. The number of carbonyl (C=O) groups is 1. The lowest BCUT2D eigenvalue weighted by atomic mass is 10.2. The molecule has 1 aromatic heterocycles. The van der Waals surface area contributed by atoms with E-state index in [0.29, 0.717) is 10.7 Å². The van der Waals surface area contributed by atoms with Crippen molar-refractivity contribution < 1.29 is 18.3 Å². The lowest BCUT2D eigenvalue weighted by Gasteiger charge is -2.08. The zero-order valence-corrected chi connectivity index (χ0v) is 12.6. The Balaban J connectivity index is 2.91. The average Bonchev–Trinajstić information content (AvgIpc) is 2.27. The van der Waals surface area contributed by atoms with E-state index in [2.05, 4.69) is 9.97 Å². The highest BCUT2D eigenvalue weighted by Gasteiger charge is 2.16. The largest absolute Gasteiger partial charge is 0.476 e. The first-order valence-electron chi connectivity index (χ1n) is 5.61. The summed E-state index contributed by atoms with van der Waals surface area (Å²) in [5.41, 5.74) is -0.0720. The number of carboxylic acid groups (broad SMARTS) is 1. The molecular formula is C11H16N2O4S2. The van der Waals surface area contributed by atoms with Crippen molar-refractivity contribution in [3.8, 4) is 0 Å². The Kier molecular flexibility index (Phi) is 5.30. The van der Waals surface area contributed by atoms with Crippen LogP contribution >= 0.6 is 11.8 Å². The minimum absolute atomic E-state index is 0.0113. The second kappa shape index (κ2) is 6.33. The zero-order valence-electron chi connectivity index (χ0n) is 11.0. The molecule has 0 aromatic carbocycles. The molecule has 8 heteroatoms. The van der Waals surface area contributed by atoms with Gasteiger partial charge in [0.2, 0.25) is 0 Å². The molecule has 0 fully saturated rings. The number of hydrogen-bond donors (Lipinski definition) is 1. The highest BCUT2D eigenvalue weighted by Crippen LogP contribution is 2.22. The molecular weight excluding hydrogens is 288 g/mol. The van der Waals surface area contributed by atoms with E-state index < -0.39 is 15.8 Å². The summed E-state index contributed by atoms with van der Waals surface area (Å²) in [4.78, 5) is 19.6. The highest BCUT2D eigenvalue weighted by molar-refractivity contribution is 8.00. The fraction of sp³-hybridized carbons (Fsp3) is 0.545. The van der Waals surface area contributed by atoms with E-state index in [1.165, 1.54) is 6.20 Å². The van der Waals surface area contributed by atoms with Gasteiger partial charge in [-0.2, -0.15) is 0 Å². The molecule has 0 saturated heterocycles. The van der Waals surface area contributed by atoms with Crippen molar-refractivity contribution in [3.05, 3.63) is 17.7 Å². The van der Waals surface area contributed by atoms with Crippen LogP contribution in [-0.2, 0) is 9.84 Å². The Morgan fingerprint density at radius 1 is 1.47 bits per heavy atom. The molecule has 1 aromatic rings. The molecule has 0 saturated carbocycles. The van der Waals surface area contributed by atoms with Gasteiger partial charge in [-0.1, -0.05) is 13.8 Å². The maximum Gasteiger partial charge on any atom is 0.355 e. The molecule has 19 heavy (non-hydrogen) atoms. The smallest absolute Gasteiger partial charge is 0.355 e. The van der Waals surface area contributed by atoms with Crippen LogP contribution < -0.4 is 0 Å². The van der Waals surface area contributed by atoms with Crippen LogP contribution in [0.5, 0.6) is 0 Å². The summed E-state index contributed by atoms with van der Waals surface area (Å²) in [5.74, 6) is -0.365. The summed E-state index contributed by atoms with van der Waals surface area (Å²) in [6, 6.07) is 0. The van der Waals surface area contributed by atoms with Gasteiger partial charge < -0.3 is 5.11 Å². The van der Waals surface area contributed by atoms with Crippen molar-refractivity contribution in [2.45, 2.75) is 24.7 Å². The van der Waals surface area contributed by atoms with Crippen LogP contribution in [0.25, 0.3) is 0 Å². The van der Waals surface area contributed by atoms with Crippen molar-refractivity contribution in [2.75, 3.05) is 17.8 Å². The molecule has 0 aliphatic rings. The first kappa shape index (κ1) is 15.9. The molecule has 6 nitrogen and oxygen atoms in total. The molecule has 0 spiro atoms. The van der Waals surface area contributed by atoms with Crippen molar-refractivity contribution in [2.24, 2.45) is 0 Å². The molecule has 0 atom stereocenters. The van der Waals surface area contributed by atoms with E-state index in [9.17, 15) is 13.2 Å². The van der Waals surface area contributed by atoms with Crippen LogP contribution in [-0.4, -0.2) is 47.2 Å². The van der Waals surface area contributed by atoms with Crippen LogP contribution in [0.4, 0.5) is 0 Å². The first-order chi connectivity index (χ1) is 8.70. The van der Waals surface area contributed by atoms with Crippen molar-refractivity contribution in [1.29, 1.82) is 0 Å². The molecule has 0 radical (unpaired) electrons. The third-order valence-corrected chi connectivity index (χ3v) is 4.43. The maximum absolute atomic E-state index is 11.1. The molecule has 1 rings (SSSR count). The average molecular weight is 304 g/mol. The van der Waals surface area contributed by atoms with Gasteiger partial charge in [0, 0.05) is 24.1 Å². The van der Waals surface area contributed by atoms with Gasteiger partial charge in [0.1, 0.15) is 15.7 Å². The van der Waals surface area contributed by atoms with Crippen LogP contribution in [0.1, 0.15) is 36.1 Å². The normalized spacial score (nSPS) is 11.8. The summed E-state index contributed by atoms with van der Waals surface area (Å²) < 4.78 is 22.0. The number of carboxylic acids is 1. The van der Waals surface area contributed by atoms with Crippen LogP contribution in [0.15, 0.2) is 11.1 Å². The van der Waals surface area contributed by atoms with Gasteiger partial charge in [-0.3, -0.25) is 0 Å². The second-order valence-electron chi connectivity index (χ2n) is 4.38. The Morgan fingerprint density at radius 2 is 2.11 bits per heavy atom. The number of aromatic carboxylic acids is 1. The minimum Gasteiger partial charge on any atom is -0.476 e. The third kappa shape index (κ3) is 5.15. The SMILES string of the molecule is CC(C)c1ncc(SCCS(C)(=O)=O)c(C(=O)O)n1. The lowest BCUT2D eigenvalue weighted by Crippen LogP contribution is -2.10. The van der Waals surface area contributed by atoms with E-state index >= 15 is 0 Å². The Hall–Kier alpha value is -1.15. The Morgan fingerprint density at radius 3 is 2.58 bits per heavy atom. The van der Waals surface area contributed by atoms with Gasteiger partial charge in [0.05, 0.1) is 10.6 Å². The third-order valence-electron chi connectivity index (χ3n) is 2.20. The molecule has 106 valence electrons. The van der Waals surface area contributed by atoms with E-state index in [4.69, 9.17) is 5.11 Å². The topological polar surface area (TPSA) is 97.2 Å². The van der Waals surface area contributed by atoms with E-state index in [0.717, 1.165) is 18.0 Å². The first-order valence-corrected chi connectivity index (χ1v) is 8.66. The van der Waals surface area contributed by atoms with Gasteiger partial charge >= 0.3 is 5.97 Å². The molecule has 0 bridgehead atoms. The minimum atomic E-state index is -3.06. The van der Waals surface area contributed by atoms with Gasteiger partial charge in [0.15, 0.2) is 5.69 Å². The second-order valence-corrected chi connectivity index (χ2v) is 7.78. The summed E-state index contributed by atoms with van der Waals surface area (Å²) in [5, 5.41) is 9.11. The number of aromatic nitrogens is 2. The fourth-order valence-electron chi connectivity index (χ4n) is 1.22. The predicted octanol–water partition coefficient (Wildman–Crippen LogP) is 1.43. The molecule has 1 heterocycles. The van der Waals surface area contributed by atoms with Crippen molar-refractivity contribution >= 4 is 27.6 Å². The van der Waals surface area contributed by atoms with Crippen molar-refractivity contribution in [3.63, 3.8) is 0 Å². The van der Waals surface area contributed by atoms with Crippen LogP contribution in [0.3, 0.4) is 0 Å². The number of sulfone groups is 1. The van der Waals surface area contributed by atoms with Gasteiger partial charge in [-0.15, -0.1) is 11.8 Å². The highest BCUT2D eigenvalue weighted by atomic mass is 32.2. The number of hydrogen-bond acceptors (Lipinski definition) is 6. The lowest BCUT2D eigenvalue weighted by molar-refractivity contribution is 0.0685. The summed E-state index contributed by atoms with van der Waals surface area (Å²) >= 11 is 1.14. The maximum atomic E-state index is 11.1. The molecule has 0 unspecified atom stereocenters. The fourth-order valence-corrected chi connectivity index (χ4v) is 3.39. The Labute approximate surface area is 116 Å². The van der Waals surface area contributed by atoms with E-state index in [1.54, 1.807) is 0 Å². The standard InChI is InChI=1S/C11H16N2O4S2/c1-7(2)10-12-6-8(9(13-10)11(14)15)18-4-5-19(3,16)17/h6-7H,4-5H2,1-3H3,(H,14,15). The summed E-state index contributed by atoms with van der Waals surface area (Å²) in [7, 11) is -3.06. The monoisotopic (exact) mass is 304 g/mol. The van der Waals surface area contributed by atoms with Crippen LogP contribution in [0, 0.1) is 0 Å². The van der Waals surface area contributed by atoms with Gasteiger partial charge in [-0.05, 0) is 0 Å². The molecule has 1 N–H and O–H groups in total. The van der Waals surface area contributed by atoms with Gasteiger partial charge in [0.25, 0.3) is 0 Å². The van der Waals surface area contributed by atoms with Crippen LogP contribution in [0.2, 0.25) is 0 Å². The molecule has 0 amide bonds. The zero-order chi connectivity index (χ0) is 14.6. The quantitative estimate of drug-likeness (QED) is 0.794. The summed E-state index contributed by atoms with van der Waals surface area (Å²) in [6.45, 7) is 3.74. The molecule has 0 aliphatic heterocycles. The number of thioether (sulfide) groups is 1. The number of nitrogens with zero attached hydrogens (tertiary/aromatic N) is 2. The molecule has 0 aliphatic carbocycles.